The second kappa shape index (κ2) is 7.28. The van der Waals surface area contributed by atoms with Crippen molar-refractivity contribution in [2.45, 2.75) is 17.9 Å². The summed E-state index contributed by atoms with van der Waals surface area (Å²) in [5.74, 6) is 1.11. The Morgan fingerprint density at radius 3 is 2.67 bits per heavy atom. The lowest BCUT2D eigenvalue weighted by molar-refractivity contribution is 0.191. The molecule has 112 valence electrons. The monoisotopic (exact) mass is 306 g/mol. The summed E-state index contributed by atoms with van der Waals surface area (Å²) in [5.41, 5.74) is 1.60. The van der Waals surface area contributed by atoms with Crippen molar-refractivity contribution in [1.29, 1.82) is 0 Å². The lowest BCUT2D eigenvalue weighted by atomic mass is 10.2. The van der Waals surface area contributed by atoms with E-state index in [4.69, 9.17) is 9.47 Å². The first-order valence-electron chi connectivity index (χ1n) is 6.47. The molecule has 1 unspecified atom stereocenters. The second-order valence-electron chi connectivity index (χ2n) is 4.40. The molecule has 0 spiro atoms. The van der Waals surface area contributed by atoms with E-state index in [1.807, 2.05) is 31.2 Å². The maximum atomic E-state index is 10.3. The molecule has 1 atom stereocenters. The van der Waals surface area contributed by atoms with Gasteiger partial charge in [-0.3, -0.25) is 0 Å². The molecule has 1 aromatic carbocycles. The van der Waals surface area contributed by atoms with Crippen LogP contribution in [0.5, 0.6) is 11.8 Å². The van der Waals surface area contributed by atoms with E-state index in [0.717, 1.165) is 4.90 Å². The van der Waals surface area contributed by atoms with Gasteiger partial charge in [0.05, 0.1) is 20.4 Å². The molecule has 0 radical (unpaired) electrons. The standard InChI is InChI=1S/C15H18N2O3S/c1-10-6-4-5-7-12(10)21-9-11(18)14-15(20-3)17-13(19-2)8-16-14/h4-8,11,18H,9H2,1-3H3. The van der Waals surface area contributed by atoms with E-state index in [1.165, 1.54) is 26.0 Å². The Balaban J connectivity index is 2.10. The zero-order valence-electron chi connectivity index (χ0n) is 12.2. The quantitative estimate of drug-likeness (QED) is 0.828. The van der Waals surface area contributed by atoms with Crippen molar-refractivity contribution in [3.63, 3.8) is 0 Å². The fourth-order valence-corrected chi connectivity index (χ4v) is 2.78. The van der Waals surface area contributed by atoms with Gasteiger partial charge in [0, 0.05) is 10.6 Å². The van der Waals surface area contributed by atoms with Gasteiger partial charge in [-0.1, -0.05) is 18.2 Å². The van der Waals surface area contributed by atoms with Crippen LogP contribution in [0.4, 0.5) is 0 Å². The first kappa shape index (κ1) is 15.6. The summed E-state index contributed by atoms with van der Waals surface area (Å²) in [6, 6.07) is 8.05. The Morgan fingerprint density at radius 1 is 1.24 bits per heavy atom. The molecule has 0 bridgehead atoms. The van der Waals surface area contributed by atoms with E-state index in [9.17, 15) is 5.11 Å². The maximum Gasteiger partial charge on any atom is 0.241 e. The average Bonchev–Trinajstić information content (AvgIpc) is 2.53. The molecule has 21 heavy (non-hydrogen) atoms. The molecule has 1 N–H and O–H groups in total. The van der Waals surface area contributed by atoms with Gasteiger partial charge in [-0.05, 0) is 18.6 Å². The lowest BCUT2D eigenvalue weighted by Gasteiger charge is -2.14. The first-order chi connectivity index (χ1) is 10.2. The number of hydrogen-bond acceptors (Lipinski definition) is 6. The fourth-order valence-electron chi connectivity index (χ4n) is 1.81. The molecule has 0 amide bonds. The highest BCUT2D eigenvalue weighted by Gasteiger charge is 2.18. The van der Waals surface area contributed by atoms with Crippen LogP contribution in [0.15, 0.2) is 35.4 Å². The topological polar surface area (TPSA) is 64.5 Å². The van der Waals surface area contributed by atoms with Gasteiger partial charge >= 0.3 is 0 Å². The number of rotatable bonds is 6. The molecule has 0 fully saturated rings. The molecule has 1 heterocycles. The molecule has 5 nitrogen and oxygen atoms in total. The first-order valence-corrected chi connectivity index (χ1v) is 7.45. The summed E-state index contributed by atoms with van der Waals surface area (Å²) in [4.78, 5) is 9.44. The van der Waals surface area contributed by atoms with Gasteiger partial charge in [0.2, 0.25) is 11.8 Å². The Morgan fingerprint density at radius 2 is 2.00 bits per heavy atom. The number of aliphatic hydroxyl groups is 1. The molecular weight excluding hydrogens is 288 g/mol. The van der Waals surface area contributed by atoms with Crippen LogP contribution in [-0.2, 0) is 0 Å². The van der Waals surface area contributed by atoms with E-state index >= 15 is 0 Å². The SMILES string of the molecule is COc1cnc(C(O)CSc2ccccc2C)c(OC)n1. The highest BCUT2D eigenvalue weighted by Crippen LogP contribution is 2.29. The number of aryl methyl sites for hydroxylation is 1. The summed E-state index contributed by atoms with van der Waals surface area (Å²) in [7, 11) is 3.00. The van der Waals surface area contributed by atoms with Gasteiger partial charge in [0.25, 0.3) is 0 Å². The number of nitrogens with zero attached hydrogens (tertiary/aromatic N) is 2. The van der Waals surface area contributed by atoms with E-state index in [1.54, 1.807) is 11.8 Å². The van der Waals surface area contributed by atoms with Crippen molar-refractivity contribution in [2.24, 2.45) is 0 Å². The summed E-state index contributed by atoms with van der Waals surface area (Å²) in [6.07, 6.45) is 0.711. The van der Waals surface area contributed by atoms with Crippen LogP contribution in [0.25, 0.3) is 0 Å². The van der Waals surface area contributed by atoms with Crippen LogP contribution in [0.3, 0.4) is 0 Å². The van der Waals surface area contributed by atoms with E-state index in [0.29, 0.717) is 17.3 Å². The highest BCUT2D eigenvalue weighted by molar-refractivity contribution is 7.99. The van der Waals surface area contributed by atoms with Crippen LogP contribution >= 0.6 is 11.8 Å². The Labute approximate surface area is 128 Å². The zero-order chi connectivity index (χ0) is 15.2. The highest BCUT2D eigenvalue weighted by atomic mass is 32.2. The third-order valence-electron chi connectivity index (χ3n) is 2.95. The van der Waals surface area contributed by atoms with Gasteiger partial charge in [-0.2, -0.15) is 4.98 Å². The zero-order valence-corrected chi connectivity index (χ0v) is 13.1. The molecule has 0 aliphatic carbocycles. The number of aliphatic hydroxyl groups excluding tert-OH is 1. The molecule has 6 heteroatoms. The van der Waals surface area contributed by atoms with Gasteiger partial charge in [0.1, 0.15) is 11.8 Å². The van der Waals surface area contributed by atoms with Crippen LogP contribution < -0.4 is 9.47 Å². The average molecular weight is 306 g/mol. The fraction of sp³-hybridized carbons (Fsp3) is 0.333. The third kappa shape index (κ3) is 3.86. The van der Waals surface area contributed by atoms with E-state index in [2.05, 4.69) is 9.97 Å². The largest absolute Gasteiger partial charge is 0.480 e. The molecule has 2 aromatic rings. The predicted octanol–water partition coefficient (Wildman–Crippen LogP) is 2.63. The Kier molecular flexibility index (Phi) is 5.41. The number of aromatic nitrogens is 2. The van der Waals surface area contributed by atoms with Crippen molar-refractivity contribution >= 4 is 11.8 Å². The summed E-state index contributed by atoms with van der Waals surface area (Å²) in [6.45, 7) is 2.04. The number of methoxy groups -OCH3 is 2. The minimum absolute atomic E-state index is 0.284. The number of benzene rings is 1. The number of thioether (sulfide) groups is 1. The third-order valence-corrected chi connectivity index (χ3v) is 4.20. The second-order valence-corrected chi connectivity index (χ2v) is 5.46. The van der Waals surface area contributed by atoms with Crippen molar-refractivity contribution in [2.75, 3.05) is 20.0 Å². The van der Waals surface area contributed by atoms with Crippen molar-refractivity contribution in [3.8, 4) is 11.8 Å². The van der Waals surface area contributed by atoms with Crippen molar-refractivity contribution < 1.29 is 14.6 Å². The van der Waals surface area contributed by atoms with Crippen molar-refractivity contribution in [3.05, 3.63) is 41.7 Å². The normalized spacial score (nSPS) is 12.0. The van der Waals surface area contributed by atoms with Crippen LogP contribution in [0.1, 0.15) is 17.4 Å². The van der Waals surface area contributed by atoms with Crippen LogP contribution in [0, 0.1) is 6.92 Å². The predicted molar refractivity (Wildman–Crippen MR) is 82.0 cm³/mol. The lowest BCUT2D eigenvalue weighted by Crippen LogP contribution is -2.08. The van der Waals surface area contributed by atoms with Crippen molar-refractivity contribution in [1.82, 2.24) is 9.97 Å². The van der Waals surface area contributed by atoms with E-state index in [-0.39, 0.29) is 5.88 Å². The smallest absolute Gasteiger partial charge is 0.241 e. The summed E-state index contributed by atoms with van der Waals surface area (Å²) < 4.78 is 10.2. The Bertz CT molecular complexity index is 607. The van der Waals surface area contributed by atoms with Gasteiger partial charge < -0.3 is 14.6 Å². The molecule has 0 aliphatic rings. The van der Waals surface area contributed by atoms with Gasteiger partial charge in [0.15, 0.2) is 0 Å². The molecule has 0 saturated heterocycles. The molecule has 0 aliphatic heterocycles. The van der Waals surface area contributed by atoms with Crippen LogP contribution in [0.2, 0.25) is 0 Å². The molecule has 2 rings (SSSR count). The minimum atomic E-state index is -0.761. The summed E-state index contributed by atoms with van der Waals surface area (Å²) >= 11 is 1.57. The molecule has 1 aromatic heterocycles. The molecular formula is C15H18N2O3S. The summed E-state index contributed by atoms with van der Waals surface area (Å²) in [5, 5.41) is 10.3. The van der Waals surface area contributed by atoms with Crippen LogP contribution in [-0.4, -0.2) is 35.0 Å². The van der Waals surface area contributed by atoms with Gasteiger partial charge in [-0.25, -0.2) is 4.98 Å². The maximum absolute atomic E-state index is 10.3. The van der Waals surface area contributed by atoms with Gasteiger partial charge in [-0.15, -0.1) is 11.8 Å². The number of ether oxygens (including phenoxy) is 2. The molecule has 0 saturated carbocycles. The number of hydrogen-bond donors (Lipinski definition) is 1. The Hall–Kier alpha value is -1.79. The minimum Gasteiger partial charge on any atom is -0.480 e. The van der Waals surface area contributed by atoms with E-state index < -0.39 is 6.10 Å².